The first-order valence-corrected chi connectivity index (χ1v) is 5.63. The molecule has 1 atom stereocenters. The van der Waals surface area contributed by atoms with Crippen molar-refractivity contribution in [2.75, 3.05) is 6.61 Å². The monoisotopic (exact) mass is 239 g/mol. The Morgan fingerprint density at radius 2 is 2.12 bits per heavy atom. The van der Waals surface area contributed by atoms with Crippen LogP contribution in [0.5, 0.6) is 0 Å². The zero-order valence-corrected chi connectivity index (χ0v) is 10.3. The molecule has 0 unspecified atom stereocenters. The Hall–Kier alpha value is -1.42. The number of benzene rings is 1. The Kier molecular flexibility index (Phi) is 4.63. The van der Waals surface area contributed by atoms with E-state index in [1.807, 2.05) is 13.8 Å². The van der Waals surface area contributed by atoms with E-state index in [-0.39, 0.29) is 24.1 Å². The van der Waals surface area contributed by atoms with Gasteiger partial charge in [-0.05, 0) is 30.5 Å². The van der Waals surface area contributed by atoms with Crippen molar-refractivity contribution in [1.82, 2.24) is 5.32 Å². The Morgan fingerprint density at radius 3 is 2.59 bits per heavy atom. The minimum Gasteiger partial charge on any atom is -0.394 e. The summed E-state index contributed by atoms with van der Waals surface area (Å²) in [4.78, 5) is 11.8. The summed E-state index contributed by atoms with van der Waals surface area (Å²) in [5, 5.41) is 11.7. The second-order valence-electron chi connectivity index (χ2n) is 4.49. The van der Waals surface area contributed by atoms with Crippen molar-refractivity contribution in [2.45, 2.75) is 26.8 Å². The number of carbonyl (C=O) groups excluding carboxylic acids is 1. The van der Waals surface area contributed by atoms with Crippen LogP contribution in [0, 0.1) is 18.7 Å². The number of aliphatic hydroxyl groups is 1. The van der Waals surface area contributed by atoms with Gasteiger partial charge in [-0.3, -0.25) is 4.79 Å². The van der Waals surface area contributed by atoms with E-state index in [0.29, 0.717) is 0 Å². The van der Waals surface area contributed by atoms with E-state index >= 15 is 0 Å². The second kappa shape index (κ2) is 5.77. The topological polar surface area (TPSA) is 49.3 Å². The number of aryl methyl sites for hydroxylation is 1. The SMILES string of the molecule is Cc1ccc(C(=O)N[C@H](CO)C(C)C)c(F)c1. The normalized spacial score (nSPS) is 12.6. The van der Waals surface area contributed by atoms with Gasteiger partial charge < -0.3 is 10.4 Å². The van der Waals surface area contributed by atoms with Gasteiger partial charge in [-0.2, -0.15) is 0 Å². The lowest BCUT2D eigenvalue weighted by Gasteiger charge is -2.20. The minimum absolute atomic E-state index is 0.00898. The first kappa shape index (κ1) is 13.6. The van der Waals surface area contributed by atoms with E-state index in [4.69, 9.17) is 5.11 Å². The molecule has 0 aliphatic rings. The summed E-state index contributed by atoms with van der Waals surface area (Å²) in [5.41, 5.74) is 0.774. The van der Waals surface area contributed by atoms with Crippen molar-refractivity contribution in [1.29, 1.82) is 0 Å². The number of carbonyl (C=O) groups is 1. The van der Waals surface area contributed by atoms with Crippen molar-refractivity contribution in [3.8, 4) is 0 Å². The van der Waals surface area contributed by atoms with E-state index in [1.54, 1.807) is 13.0 Å². The van der Waals surface area contributed by atoms with Crippen molar-refractivity contribution < 1.29 is 14.3 Å². The maximum Gasteiger partial charge on any atom is 0.254 e. The highest BCUT2D eigenvalue weighted by atomic mass is 19.1. The zero-order chi connectivity index (χ0) is 13.0. The highest BCUT2D eigenvalue weighted by Gasteiger charge is 2.18. The van der Waals surface area contributed by atoms with E-state index < -0.39 is 11.7 Å². The van der Waals surface area contributed by atoms with Crippen LogP contribution < -0.4 is 5.32 Å². The number of aliphatic hydroxyl groups excluding tert-OH is 1. The summed E-state index contributed by atoms with van der Waals surface area (Å²) in [7, 11) is 0. The van der Waals surface area contributed by atoms with Crippen LogP contribution in [-0.2, 0) is 0 Å². The first-order valence-electron chi connectivity index (χ1n) is 5.63. The standard InChI is InChI=1S/C13H18FNO2/c1-8(2)12(7-16)15-13(17)10-5-4-9(3)6-11(10)14/h4-6,8,12,16H,7H2,1-3H3,(H,15,17)/t12-/m1/s1. The highest BCUT2D eigenvalue weighted by Crippen LogP contribution is 2.11. The summed E-state index contributed by atoms with van der Waals surface area (Å²) in [5.74, 6) is -0.935. The zero-order valence-electron chi connectivity index (χ0n) is 10.3. The van der Waals surface area contributed by atoms with Gasteiger partial charge in [-0.1, -0.05) is 19.9 Å². The molecule has 0 fully saturated rings. The van der Waals surface area contributed by atoms with Gasteiger partial charge >= 0.3 is 0 Å². The Morgan fingerprint density at radius 1 is 1.47 bits per heavy atom. The van der Waals surface area contributed by atoms with Gasteiger partial charge in [-0.15, -0.1) is 0 Å². The molecule has 1 rings (SSSR count). The molecular weight excluding hydrogens is 221 g/mol. The third kappa shape index (κ3) is 3.53. The smallest absolute Gasteiger partial charge is 0.254 e. The van der Waals surface area contributed by atoms with Crippen LogP contribution in [0.15, 0.2) is 18.2 Å². The van der Waals surface area contributed by atoms with Gasteiger partial charge in [0.2, 0.25) is 0 Å². The lowest BCUT2D eigenvalue weighted by Crippen LogP contribution is -2.41. The van der Waals surface area contributed by atoms with E-state index in [9.17, 15) is 9.18 Å². The molecule has 0 aliphatic carbocycles. The van der Waals surface area contributed by atoms with Crippen molar-refractivity contribution >= 4 is 5.91 Å². The number of hydrogen-bond donors (Lipinski definition) is 2. The maximum absolute atomic E-state index is 13.5. The lowest BCUT2D eigenvalue weighted by molar-refractivity contribution is 0.0892. The van der Waals surface area contributed by atoms with Crippen molar-refractivity contribution in [3.63, 3.8) is 0 Å². The average molecular weight is 239 g/mol. The summed E-state index contributed by atoms with van der Waals surface area (Å²) < 4.78 is 13.5. The molecule has 2 N–H and O–H groups in total. The predicted octanol–water partition coefficient (Wildman–Crippen LogP) is 1.88. The van der Waals surface area contributed by atoms with E-state index in [2.05, 4.69) is 5.32 Å². The summed E-state index contributed by atoms with van der Waals surface area (Å²) in [6.07, 6.45) is 0. The fraction of sp³-hybridized carbons (Fsp3) is 0.462. The van der Waals surface area contributed by atoms with Crippen LogP contribution in [0.3, 0.4) is 0 Å². The van der Waals surface area contributed by atoms with Gasteiger partial charge in [0.05, 0.1) is 18.2 Å². The molecular formula is C13H18FNO2. The molecule has 0 spiro atoms. The van der Waals surface area contributed by atoms with Crippen LogP contribution >= 0.6 is 0 Å². The third-order valence-corrected chi connectivity index (χ3v) is 2.69. The minimum atomic E-state index is -0.539. The third-order valence-electron chi connectivity index (χ3n) is 2.69. The van der Waals surface area contributed by atoms with E-state index in [0.717, 1.165) is 5.56 Å². The van der Waals surface area contributed by atoms with Crippen LogP contribution in [0.1, 0.15) is 29.8 Å². The number of amides is 1. The fourth-order valence-electron chi connectivity index (χ4n) is 1.47. The number of nitrogens with one attached hydrogen (secondary N) is 1. The highest BCUT2D eigenvalue weighted by molar-refractivity contribution is 5.94. The molecule has 0 aromatic heterocycles. The van der Waals surface area contributed by atoms with Gasteiger partial charge in [0, 0.05) is 0 Å². The molecule has 4 heteroatoms. The van der Waals surface area contributed by atoms with Gasteiger partial charge in [0.15, 0.2) is 0 Å². The van der Waals surface area contributed by atoms with Gasteiger partial charge in [-0.25, -0.2) is 4.39 Å². The molecule has 0 saturated heterocycles. The second-order valence-corrected chi connectivity index (χ2v) is 4.49. The molecule has 0 radical (unpaired) electrons. The predicted molar refractivity (Wildman–Crippen MR) is 64.3 cm³/mol. The summed E-state index contributed by atoms with van der Waals surface area (Å²) in [6, 6.07) is 4.09. The number of halogens is 1. The van der Waals surface area contributed by atoms with Crippen LogP contribution in [0.4, 0.5) is 4.39 Å². The molecule has 1 amide bonds. The number of rotatable bonds is 4. The lowest BCUT2D eigenvalue weighted by atomic mass is 10.0. The Labute approximate surface area is 101 Å². The van der Waals surface area contributed by atoms with E-state index in [1.165, 1.54) is 12.1 Å². The first-order chi connectivity index (χ1) is 7.95. The summed E-state index contributed by atoms with van der Waals surface area (Å²) in [6.45, 7) is 5.37. The fourth-order valence-corrected chi connectivity index (χ4v) is 1.47. The Balaban J connectivity index is 2.82. The van der Waals surface area contributed by atoms with Crippen molar-refractivity contribution in [3.05, 3.63) is 35.1 Å². The molecule has 0 bridgehead atoms. The molecule has 17 heavy (non-hydrogen) atoms. The maximum atomic E-state index is 13.5. The molecule has 3 nitrogen and oxygen atoms in total. The van der Waals surface area contributed by atoms with Gasteiger partial charge in [0.25, 0.3) is 5.91 Å². The number of hydrogen-bond acceptors (Lipinski definition) is 2. The molecule has 0 saturated carbocycles. The largest absolute Gasteiger partial charge is 0.394 e. The van der Waals surface area contributed by atoms with Crippen LogP contribution in [-0.4, -0.2) is 23.7 Å². The summed E-state index contributed by atoms with van der Waals surface area (Å²) >= 11 is 0. The van der Waals surface area contributed by atoms with Crippen molar-refractivity contribution in [2.24, 2.45) is 5.92 Å². The molecule has 0 heterocycles. The van der Waals surface area contributed by atoms with Gasteiger partial charge in [0.1, 0.15) is 5.82 Å². The van der Waals surface area contributed by atoms with Crippen LogP contribution in [0.25, 0.3) is 0 Å². The molecule has 0 aliphatic heterocycles. The quantitative estimate of drug-likeness (QED) is 0.842. The van der Waals surface area contributed by atoms with Crippen LogP contribution in [0.2, 0.25) is 0 Å². The average Bonchev–Trinajstić information content (AvgIpc) is 2.24. The Bertz CT molecular complexity index is 404. The molecule has 1 aromatic rings. The molecule has 94 valence electrons. The molecule has 1 aromatic carbocycles.